The van der Waals surface area contributed by atoms with Crippen LogP contribution in [0.4, 0.5) is 5.69 Å². The van der Waals surface area contributed by atoms with Gasteiger partial charge in [0.15, 0.2) is 0 Å². The lowest BCUT2D eigenvalue weighted by Gasteiger charge is -2.16. The van der Waals surface area contributed by atoms with Gasteiger partial charge in [0.2, 0.25) is 11.8 Å². The van der Waals surface area contributed by atoms with Crippen molar-refractivity contribution >= 4 is 44.8 Å². The molecule has 28 heavy (non-hydrogen) atoms. The lowest BCUT2D eigenvalue weighted by molar-refractivity contribution is -0.118. The maximum atomic E-state index is 12.4. The van der Waals surface area contributed by atoms with Crippen LogP contribution in [0.15, 0.2) is 46.0 Å². The van der Waals surface area contributed by atoms with E-state index in [1.54, 1.807) is 23.6 Å². The maximum absolute atomic E-state index is 12.4. The van der Waals surface area contributed by atoms with Crippen LogP contribution in [0.25, 0.3) is 0 Å². The van der Waals surface area contributed by atoms with Crippen LogP contribution in [0, 0.1) is 0 Å². The molecule has 150 valence electrons. The largest absolute Gasteiger partial charge is 0.370 e. The van der Waals surface area contributed by atoms with Gasteiger partial charge in [-0.05, 0) is 30.5 Å². The molecule has 0 aliphatic carbocycles. The molecule has 2 aromatic rings. The summed E-state index contributed by atoms with van der Waals surface area (Å²) < 4.78 is 26.8. The summed E-state index contributed by atoms with van der Waals surface area (Å²) in [4.78, 5) is 35.4. The van der Waals surface area contributed by atoms with Gasteiger partial charge >= 0.3 is 0 Å². The van der Waals surface area contributed by atoms with Crippen molar-refractivity contribution in [3.8, 4) is 0 Å². The van der Waals surface area contributed by atoms with Crippen molar-refractivity contribution in [3.05, 3.63) is 47.3 Å². The van der Waals surface area contributed by atoms with E-state index in [9.17, 15) is 22.8 Å². The van der Waals surface area contributed by atoms with Crippen molar-refractivity contribution in [2.75, 3.05) is 11.9 Å². The number of amides is 3. The van der Waals surface area contributed by atoms with Crippen LogP contribution in [0.5, 0.6) is 0 Å². The Labute approximate surface area is 166 Å². The van der Waals surface area contributed by atoms with E-state index in [1.807, 2.05) is 0 Å². The van der Waals surface area contributed by atoms with Gasteiger partial charge in [-0.3, -0.25) is 14.4 Å². The molecule has 0 spiro atoms. The summed E-state index contributed by atoms with van der Waals surface area (Å²) in [5.41, 5.74) is 5.42. The van der Waals surface area contributed by atoms with E-state index >= 15 is 0 Å². The Balaban J connectivity index is 2.05. The highest BCUT2D eigenvalue weighted by molar-refractivity contribution is 7.91. The first-order valence-corrected chi connectivity index (χ1v) is 10.6. The third kappa shape index (κ3) is 5.87. The third-order valence-corrected chi connectivity index (χ3v) is 6.51. The summed E-state index contributed by atoms with van der Waals surface area (Å²) >= 11 is 1.04. The second-order valence-electron chi connectivity index (χ2n) is 5.78. The zero-order chi connectivity index (χ0) is 20.7. The molecule has 3 amide bonds. The second kappa shape index (κ2) is 9.44. The van der Waals surface area contributed by atoms with Gasteiger partial charge in [-0.15, -0.1) is 11.3 Å². The molecular formula is C17H20N4O5S2. The summed E-state index contributed by atoms with van der Waals surface area (Å²) in [5, 5.41) is 6.69. The van der Waals surface area contributed by atoms with Crippen LogP contribution in [0.3, 0.4) is 0 Å². The van der Waals surface area contributed by atoms with Crippen LogP contribution in [0.2, 0.25) is 0 Å². The first-order valence-electron chi connectivity index (χ1n) is 8.23. The van der Waals surface area contributed by atoms with E-state index in [0.717, 1.165) is 11.3 Å². The molecule has 1 heterocycles. The molecule has 1 unspecified atom stereocenters. The number of benzene rings is 1. The maximum Gasteiger partial charge on any atom is 0.253 e. The fraction of sp³-hybridized carbons (Fsp3) is 0.235. The standard InChI is InChI=1S/C17H20N4O5S2/c1-11(21-28(25,26)15-7-4-10-27-15)16(23)20-13-6-3-2-5-12(13)17(24)19-9-8-14(18)22/h2-7,10-11,21H,8-9H2,1H3,(H2,18,22)(H,19,24)(H,20,23). The predicted octanol–water partition coefficient (Wildman–Crippen LogP) is 0.659. The average molecular weight is 425 g/mol. The van der Waals surface area contributed by atoms with Gasteiger partial charge in [-0.25, -0.2) is 8.42 Å². The summed E-state index contributed by atoms with van der Waals surface area (Å²) in [6.45, 7) is 1.46. The zero-order valence-electron chi connectivity index (χ0n) is 15.0. The fourth-order valence-corrected chi connectivity index (χ4v) is 4.40. The van der Waals surface area contributed by atoms with Crippen molar-refractivity contribution in [1.29, 1.82) is 0 Å². The minimum atomic E-state index is -3.82. The highest BCUT2D eigenvalue weighted by atomic mass is 32.2. The second-order valence-corrected chi connectivity index (χ2v) is 8.67. The van der Waals surface area contributed by atoms with Crippen molar-refractivity contribution in [2.24, 2.45) is 5.73 Å². The summed E-state index contributed by atoms with van der Waals surface area (Å²) in [5.74, 6) is -1.67. The number of nitrogens with one attached hydrogen (secondary N) is 3. The number of hydrogen-bond acceptors (Lipinski definition) is 6. The van der Waals surface area contributed by atoms with Gasteiger partial charge in [-0.2, -0.15) is 4.72 Å². The Hall–Kier alpha value is -2.76. The Bertz CT molecular complexity index is 958. The quantitative estimate of drug-likeness (QED) is 0.467. The molecule has 9 nitrogen and oxygen atoms in total. The highest BCUT2D eigenvalue weighted by Crippen LogP contribution is 2.17. The van der Waals surface area contributed by atoms with Crippen LogP contribution in [0.1, 0.15) is 23.7 Å². The summed E-state index contributed by atoms with van der Waals surface area (Å²) in [7, 11) is -3.82. The molecule has 2 rings (SSSR count). The van der Waals surface area contributed by atoms with E-state index < -0.39 is 33.8 Å². The molecular weight excluding hydrogens is 404 g/mol. The van der Waals surface area contributed by atoms with Gasteiger partial charge in [0.25, 0.3) is 15.9 Å². The van der Waals surface area contributed by atoms with Gasteiger partial charge in [0, 0.05) is 13.0 Å². The molecule has 1 atom stereocenters. The molecule has 0 fully saturated rings. The molecule has 11 heteroatoms. The summed E-state index contributed by atoms with van der Waals surface area (Å²) in [6.07, 6.45) is -0.0121. The monoisotopic (exact) mass is 424 g/mol. The number of para-hydroxylation sites is 1. The Morgan fingerprint density at radius 3 is 2.50 bits per heavy atom. The number of primary amides is 1. The fourth-order valence-electron chi connectivity index (χ4n) is 2.19. The molecule has 0 saturated carbocycles. The SMILES string of the molecule is CC(NS(=O)(=O)c1cccs1)C(=O)Nc1ccccc1C(=O)NCCC(N)=O. The van der Waals surface area contributed by atoms with Crippen LogP contribution >= 0.6 is 11.3 Å². The third-order valence-electron chi connectivity index (χ3n) is 3.57. The lowest BCUT2D eigenvalue weighted by atomic mass is 10.1. The molecule has 0 radical (unpaired) electrons. The molecule has 0 bridgehead atoms. The van der Waals surface area contributed by atoms with Gasteiger partial charge in [0.1, 0.15) is 4.21 Å². The summed E-state index contributed by atoms with van der Waals surface area (Å²) in [6, 6.07) is 8.20. The van der Waals surface area contributed by atoms with Gasteiger partial charge in [-0.1, -0.05) is 18.2 Å². The molecule has 5 N–H and O–H groups in total. The number of sulfonamides is 1. The number of carbonyl (C=O) groups excluding carboxylic acids is 3. The molecule has 1 aromatic carbocycles. The number of thiophene rings is 1. The molecule has 0 saturated heterocycles. The van der Waals surface area contributed by atoms with Crippen molar-refractivity contribution in [1.82, 2.24) is 10.0 Å². The van der Waals surface area contributed by atoms with Crippen molar-refractivity contribution in [3.63, 3.8) is 0 Å². The van der Waals surface area contributed by atoms with Crippen LogP contribution < -0.4 is 21.1 Å². The average Bonchev–Trinajstić information content (AvgIpc) is 3.17. The number of hydrogen-bond donors (Lipinski definition) is 4. The Morgan fingerprint density at radius 1 is 1.14 bits per heavy atom. The number of rotatable bonds is 9. The number of carbonyl (C=O) groups is 3. The number of anilines is 1. The van der Waals surface area contributed by atoms with Crippen molar-refractivity contribution in [2.45, 2.75) is 23.6 Å². The highest BCUT2D eigenvalue weighted by Gasteiger charge is 2.23. The van der Waals surface area contributed by atoms with Crippen molar-refractivity contribution < 1.29 is 22.8 Å². The minimum absolute atomic E-state index is 0.0121. The number of nitrogens with two attached hydrogens (primary N) is 1. The Morgan fingerprint density at radius 2 is 1.86 bits per heavy atom. The van der Waals surface area contributed by atoms with E-state index in [1.165, 1.54) is 25.1 Å². The van der Waals surface area contributed by atoms with E-state index in [-0.39, 0.29) is 28.4 Å². The topological polar surface area (TPSA) is 147 Å². The minimum Gasteiger partial charge on any atom is -0.370 e. The molecule has 0 aliphatic rings. The predicted molar refractivity (Wildman–Crippen MR) is 105 cm³/mol. The van der Waals surface area contributed by atoms with Crippen LogP contribution in [-0.4, -0.2) is 38.7 Å². The first kappa shape index (κ1) is 21.5. The van der Waals surface area contributed by atoms with Crippen LogP contribution in [-0.2, 0) is 19.6 Å². The zero-order valence-corrected chi connectivity index (χ0v) is 16.6. The molecule has 0 aliphatic heterocycles. The normalized spacial score (nSPS) is 12.2. The van der Waals surface area contributed by atoms with Gasteiger partial charge < -0.3 is 16.4 Å². The lowest BCUT2D eigenvalue weighted by Crippen LogP contribution is -2.41. The van der Waals surface area contributed by atoms with E-state index in [4.69, 9.17) is 5.73 Å². The van der Waals surface area contributed by atoms with E-state index in [2.05, 4.69) is 15.4 Å². The van der Waals surface area contributed by atoms with Gasteiger partial charge in [0.05, 0.1) is 17.3 Å². The Kier molecular flexibility index (Phi) is 7.26. The van der Waals surface area contributed by atoms with E-state index in [0.29, 0.717) is 0 Å². The first-order chi connectivity index (χ1) is 13.2. The molecule has 1 aromatic heterocycles. The smallest absolute Gasteiger partial charge is 0.253 e.